The third kappa shape index (κ3) is 7.46. The molecule has 4 nitrogen and oxygen atoms in total. The molecule has 5 heteroatoms. The molecule has 0 fully saturated rings. The van der Waals surface area contributed by atoms with Crippen LogP contribution in [-0.2, 0) is 13.9 Å². The minimum absolute atomic E-state index is 0.389. The van der Waals surface area contributed by atoms with Gasteiger partial charge in [-0.05, 0) is 32.4 Å². The van der Waals surface area contributed by atoms with Gasteiger partial charge < -0.3 is 19.6 Å². The fraction of sp³-hybridized carbons (Fsp3) is 1.00. The minimum Gasteiger partial charge on any atom is -0.372 e. The zero-order chi connectivity index (χ0) is 10.8. The van der Waals surface area contributed by atoms with Crippen LogP contribution in [0.5, 0.6) is 0 Å². The van der Waals surface area contributed by atoms with E-state index in [0.717, 1.165) is 6.04 Å². The van der Waals surface area contributed by atoms with Crippen molar-refractivity contribution in [1.29, 1.82) is 0 Å². The second-order valence-corrected chi connectivity index (χ2v) is 3.94. The highest BCUT2D eigenvalue weighted by Crippen LogP contribution is 2.02. The number of rotatable bonds is 9. The van der Waals surface area contributed by atoms with Gasteiger partial charge in [0.2, 0.25) is 9.76 Å². The molecule has 0 saturated heterocycles. The van der Waals surface area contributed by atoms with Crippen LogP contribution >= 0.6 is 0 Å². The molecule has 2 N–H and O–H groups in total. The second-order valence-electron chi connectivity index (χ2n) is 3.01. The van der Waals surface area contributed by atoms with Crippen LogP contribution < -0.4 is 5.73 Å². The number of hydrogen-bond donors (Lipinski definition) is 1. The lowest BCUT2D eigenvalue weighted by atomic mass is 10.2. The Morgan fingerprint density at radius 3 is 2.21 bits per heavy atom. The van der Waals surface area contributed by atoms with E-state index >= 15 is 0 Å². The molecule has 0 rings (SSSR count). The van der Waals surface area contributed by atoms with Gasteiger partial charge in [0.25, 0.3) is 6.48 Å². The molecule has 0 heterocycles. The van der Waals surface area contributed by atoms with E-state index < -0.39 is 6.48 Å². The Morgan fingerprint density at radius 1 is 1.21 bits per heavy atom. The van der Waals surface area contributed by atoms with E-state index in [4.69, 9.17) is 19.6 Å². The lowest BCUT2D eigenvalue weighted by molar-refractivity contribution is -0.243. The monoisotopic (exact) mass is 219 g/mol. The second kappa shape index (κ2) is 9.61. The first kappa shape index (κ1) is 14.1. The molecule has 0 spiro atoms. The summed E-state index contributed by atoms with van der Waals surface area (Å²) in [6.07, 6.45) is 0. The lowest BCUT2D eigenvalue weighted by Crippen LogP contribution is -2.24. The normalized spacial score (nSPS) is 13.5. The first-order valence-electron chi connectivity index (χ1n) is 5.06. The summed E-state index contributed by atoms with van der Waals surface area (Å²) in [5.41, 5.74) is 5.49. The fourth-order valence-corrected chi connectivity index (χ4v) is 1.55. The molecule has 0 aromatic heterocycles. The number of ether oxygens (including phenoxy) is 2. The Morgan fingerprint density at radius 2 is 1.79 bits per heavy atom. The van der Waals surface area contributed by atoms with Crippen LogP contribution in [0, 0.1) is 5.92 Å². The van der Waals surface area contributed by atoms with E-state index in [1.54, 1.807) is 0 Å². The van der Waals surface area contributed by atoms with Crippen molar-refractivity contribution in [2.24, 2.45) is 11.7 Å². The van der Waals surface area contributed by atoms with Crippen molar-refractivity contribution in [3.05, 3.63) is 0 Å². The summed E-state index contributed by atoms with van der Waals surface area (Å²) in [4.78, 5) is 0. The molecule has 0 aliphatic rings. The van der Waals surface area contributed by atoms with Crippen molar-refractivity contribution < 1.29 is 13.9 Å². The highest BCUT2D eigenvalue weighted by atomic mass is 28.2. The van der Waals surface area contributed by atoms with Gasteiger partial charge >= 0.3 is 0 Å². The molecule has 0 aromatic rings. The van der Waals surface area contributed by atoms with Crippen LogP contribution in [0.4, 0.5) is 0 Å². The minimum atomic E-state index is -0.506. The van der Waals surface area contributed by atoms with Crippen LogP contribution in [-0.4, -0.2) is 36.0 Å². The van der Waals surface area contributed by atoms with E-state index in [1.807, 2.05) is 13.8 Å². The average Bonchev–Trinajstić information content (AvgIpc) is 2.18. The number of hydrogen-bond acceptors (Lipinski definition) is 4. The summed E-state index contributed by atoms with van der Waals surface area (Å²) < 4.78 is 15.9. The molecule has 0 saturated carbocycles. The number of nitrogens with two attached hydrogens (primary N) is 1. The molecule has 0 aliphatic heterocycles. The molecule has 1 unspecified atom stereocenters. The molecule has 1 atom stereocenters. The standard InChI is InChI=1S/C9H21NO3Si/c1-4-11-9(12-5-2)13-14-7-8(3)6-10/h8-9H,4-7,10H2,1-3H3. The Bertz CT molecular complexity index is 121. The summed E-state index contributed by atoms with van der Waals surface area (Å²) in [5, 5.41) is 0. The largest absolute Gasteiger partial charge is 0.372 e. The van der Waals surface area contributed by atoms with Crippen molar-refractivity contribution in [3.8, 4) is 0 Å². The molecular weight excluding hydrogens is 198 g/mol. The zero-order valence-corrected chi connectivity index (χ0v) is 10.3. The topological polar surface area (TPSA) is 53.7 Å². The van der Waals surface area contributed by atoms with Crippen LogP contribution in [0.1, 0.15) is 20.8 Å². The average molecular weight is 219 g/mol. The summed E-state index contributed by atoms with van der Waals surface area (Å²) in [7, 11) is 0.389. The Hall–Kier alpha value is 0.0569. The summed E-state index contributed by atoms with van der Waals surface area (Å²) >= 11 is 0. The van der Waals surface area contributed by atoms with E-state index in [0.29, 0.717) is 35.4 Å². The van der Waals surface area contributed by atoms with Crippen LogP contribution in [0.15, 0.2) is 0 Å². The van der Waals surface area contributed by atoms with Gasteiger partial charge in [0, 0.05) is 13.2 Å². The van der Waals surface area contributed by atoms with E-state index in [9.17, 15) is 0 Å². The van der Waals surface area contributed by atoms with Crippen molar-refractivity contribution in [3.63, 3.8) is 0 Å². The van der Waals surface area contributed by atoms with Crippen molar-refractivity contribution in [2.45, 2.75) is 33.3 Å². The van der Waals surface area contributed by atoms with Crippen molar-refractivity contribution in [2.75, 3.05) is 19.8 Å². The Labute approximate surface area is 89.0 Å². The third-order valence-electron chi connectivity index (χ3n) is 1.62. The van der Waals surface area contributed by atoms with E-state index in [1.165, 1.54) is 0 Å². The maximum absolute atomic E-state index is 5.49. The highest BCUT2D eigenvalue weighted by Gasteiger charge is 2.09. The van der Waals surface area contributed by atoms with Gasteiger partial charge in [0.1, 0.15) is 0 Å². The molecule has 0 aliphatic carbocycles. The quantitative estimate of drug-likeness (QED) is 0.464. The molecule has 14 heavy (non-hydrogen) atoms. The Balaban J connectivity index is 3.49. The van der Waals surface area contributed by atoms with Gasteiger partial charge in [-0.3, -0.25) is 0 Å². The summed E-state index contributed by atoms with van der Waals surface area (Å²) in [6.45, 7) is 7.33. The smallest absolute Gasteiger partial charge is 0.261 e. The predicted molar refractivity (Wildman–Crippen MR) is 56.9 cm³/mol. The first-order valence-corrected chi connectivity index (χ1v) is 6.17. The zero-order valence-electron chi connectivity index (χ0n) is 9.29. The van der Waals surface area contributed by atoms with Gasteiger partial charge in [0.05, 0.1) is 0 Å². The highest BCUT2D eigenvalue weighted by molar-refractivity contribution is 6.27. The van der Waals surface area contributed by atoms with Crippen molar-refractivity contribution >= 4 is 9.76 Å². The molecule has 84 valence electrons. The first-order chi connectivity index (χ1) is 6.74. The predicted octanol–water partition coefficient (Wildman–Crippen LogP) is 0.992. The summed E-state index contributed by atoms with van der Waals surface area (Å²) in [6, 6.07) is 0.965. The molecule has 0 amide bonds. The maximum Gasteiger partial charge on any atom is 0.261 e. The maximum atomic E-state index is 5.49. The molecule has 0 bridgehead atoms. The van der Waals surface area contributed by atoms with Gasteiger partial charge in [-0.25, -0.2) is 0 Å². The fourth-order valence-electron chi connectivity index (χ4n) is 0.730. The van der Waals surface area contributed by atoms with Crippen LogP contribution in [0.25, 0.3) is 0 Å². The van der Waals surface area contributed by atoms with Gasteiger partial charge in [-0.15, -0.1) is 0 Å². The van der Waals surface area contributed by atoms with Gasteiger partial charge in [-0.2, -0.15) is 0 Å². The van der Waals surface area contributed by atoms with Crippen LogP contribution in [0.3, 0.4) is 0 Å². The molecule has 0 aromatic carbocycles. The SMILES string of the molecule is CCOC(OCC)O[Si]CC(C)CN. The van der Waals surface area contributed by atoms with E-state index in [2.05, 4.69) is 6.92 Å². The third-order valence-corrected chi connectivity index (χ3v) is 2.84. The van der Waals surface area contributed by atoms with E-state index in [-0.39, 0.29) is 0 Å². The van der Waals surface area contributed by atoms with Crippen LogP contribution in [0.2, 0.25) is 6.04 Å². The van der Waals surface area contributed by atoms with Gasteiger partial charge in [-0.1, -0.05) is 6.92 Å². The van der Waals surface area contributed by atoms with Gasteiger partial charge in [0.15, 0.2) is 0 Å². The Kier molecular flexibility index (Phi) is 9.64. The molecule has 2 radical (unpaired) electrons. The van der Waals surface area contributed by atoms with Crippen molar-refractivity contribution in [1.82, 2.24) is 0 Å². The summed E-state index contributed by atoms with van der Waals surface area (Å²) in [5.74, 6) is 0.497. The molecular formula is C9H21NO3Si. The lowest BCUT2D eigenvalue weighted by Gasteiger charge is -2.17.